The number of nitrogens with zero attached hydrogens (tertiary/aromatic N) is 2. The Morgan fingerprint density at radius 2 is 2.26 bits per heavy atom. The molecule has 0 aliphatic heterocycles. The standard InChI is InChI=1S/C14H19ClN4/c1-10-9-11(3-4-12(10)15)13(18-16)5-6-14-17-7-8-19(14)2/h3-4,7-9,13,18H,5-6,16H2,1-2H3. The fraction of sp³-hybridized carbons (Fsp3) is 0.357. The van der Waals surface area contributed by atoms with Crippen molar-refractivity contribution in [1.82, 2.24) is 15.0 Å². The molecule has 0 fully saturated rings. The molecule has 0 saturated heterocycles. The number of nitrogens with one attached hydrogen (secondary N) is 1. The molecule has 3 N–H and O–H groups in total. The third kappa shape index (κ3) is 3.35. The largest absolute Gasteiger partial charge is 0.338 e. The van der Waals surface area contributed by atoms with E-state index in [0.717, 1.165) is 34.8 Å². The first-order valence-electron chi connectivity index (χ1n) is 6.30. The van der Waals surface area contributed by atoms with E-state index in [9.17, 15) is 0 Å². The molecule has 19 heavy (non-hydrogen) atoms. The molecule has 0 aliphatic carbocycles. The summed E-state index contributed by atoms with van der Waals surface area (Å²) in [7, 11) is 2.00. The summed E-state index contributed by atoms with van der Waals surface area (Å²) in [6.45, 7) is 2.00. The smallest absolute Gasteiger partial charge is 0.108 e. The summed E-state index contributed by atoms with van der Waals surface area (Å²) in [4.78, 5) is 4.32. The number of benzene rings is 1. The summed E-state index contributed by atoms with van der Waals surface area (Å²) in [6.07, 6.45) is 5.53. The number of imidazole rings is 1. The maximum absolute atomic E-state index is 6.04. The van der Waals surface area contributed by atoms with E-state index in [2.05, 4.69) is 16.5 Å². The molecule has 1 heterocycles. The van der Waals surface area contributed by atoms with Crippen LogP contribution in [0, 0.1) is 6.92 Å². The van der Waals surface area contributed by atoms with Gasteiger partial charge >= 0.3 is 0 Å². The highest BCUT2D eigenvalue weighted by molar-refractivity contribution is 6.31. The Balaban J connectivity index is 2.07. The topological polar surface area (TPSA) is 55.9 Å². The summed E-state index contributed by atoms with van der Waals surface area (Å²) in [5, 5.41) is 0.781. The molecule has 0 spiro atoms. The van der Waals surface area contributed by atoms with Crippen molar-refractivity contribution >= 4 is 11.6 Å². The zero-order chi connectivity index (χ0) is 13.8. The Hall–Kier alpha value is -1.36. The van der Waals surface area contributed by atoms with Crippen LogP contribution < -0.4 is 11.3 Å². The Labute approximate surface area is 118 Å². The van der Waals surface area contributed by atoms with Gasteiger partial charge in [-0.15, -0.1) is 0 Å². The third-order valence-electron chi connectivity index (χ3n) is 3.36. The van der Waals surface area contributed by atoms with Crippen LogP contribution >= 0.6 is 11.6 Å². The number of nitrogens with two attached hydrogens (primary N) is 1. The lowest BCUT2D eigenvalue weighted by Gasteiger charge is -2.17. The Kier molecular flexibility index (Phi) is 4.58. The van der Waals surface area contributed by atoms with Gasteiger partial charge in [0.15, 0.2) is 0 Å². The highest BCUT2D eigenvalue weighted by Crippen LogP contribution is 2.23. The van der Waals surface area contributed by atoms with Crippen molar-refractivity contribution in [1.29, 1.82) is 0 Å². The molecule has 1 aromatic carbocycles. The zero-order valence-corrected chi connectivity index (χ0v) is 12.0. The van der Waals surface area contributed by atoms with Crippen LogP contribution in [0.2, 0.25) is 5.02 Å². The fourth-order valence-electron chi connectivity index (χ4n) is 2.14. The van der Waals surface area contributed by atoms with E-state index in [1.807, 2.05) is 43.1 Å². The lowest BCUT2D eigenvalue weighted by Crippen LogP contribution is -2.28. The number of hydrazine groups is 1. The van der Waals surface area contributed by atoms with Gasteiger partial charge in [0.2, 0.25) is 0 Å². The zero-order valence-electron chi connectivity index (χ0n) is 11.2. The molecule has 4 nitrogen and oxygen atoms in total. The van der Waals surface area contributed by atoms with Gasteiger partial charge in [0.1, 0.15) is 5.82 Å². The quantitative estimate of drug-likeness (QED) is 0.653. The average Bonchev–Trinajstić information content (AvgIpc) is 2.80. The van der Waals surface area contributed by atoms with Crippen molar-refractivity contribution in [3.8, 4) is 0 Å². The minimum absolute atomic E-state index is 0.104. The summed E-state index contributed by atoms with van der Waals surface area (Å²) >= 11 is 6.04. The second kappa shape index (κ2) is 6.19. The van der Waals surface area contributed by atoms with Crippen LogP contribution in [-0.4, -0.2) is 9.55 Å². The van der Waals surface area contributed by atoms with Gasteiger partial charge in [0.05, 0.1) is 0 Å². The van der Waals surface area contributed by atoms with Crippen LogP contribution in [0.4, 0.5) is 0 Å². The second-order valence-corrected chi connectivity index (χ2v) is 5.13. The van der Waals surface area contributed by atoms with E-state index in [1.165, 1.54) is 0 Å². The SMILES string of the molecule is Cc1cc(C(CCc2nccn2C)NN)ccc1Cl. The lowest BCUT2D eigenvalue weighted by atomic mass is 10.0. The monoisotopic (exact) mass is 278 g/mol. The van der Waals surface area contributed by atoms with E-state index in [-0.39, 0.29) is 6.04 Å². The predicted molar refractivity (Wildman–Crippen MR) is 77.8 cm³/mol. The van der Waals surface area contributed by atoms with Crippen LogP contribution in [0.25, 0.3) is 0 Å². The maximum Gasteiger partial charge on any atom is 0.108 e. The van der Waals surface area contributed by atoms with Crippen LogP contribution in [-0.2, 0) is 13.5 Å². The number of hydrogen-bond acceptors (Lipinski definition) is 3. The van der Waals surface area contributed by atoms with Crippen molar-refractivity contribution in [2.24, 2.45) is 12.9 Å². The highest BCUT2D eigenvalue weighted by atomic mass is 35.5. The van der Waals surface area contributed by atoms with Gasteiger partial charge in [0.25, 0.3) is 0 Å². The third-order valence-corrected chi connectivity index (χ3v) is 3.79. The van der Waals surface area contributed by atoms with E-state index < -0.39 is 0 Å². The molecule has 5 heteroatoms. The molecule has 2 aromatic rings. The van der Waals surface area contributed by atoms with Gasteiger partial charge in [-0.3, -0.25) is 11.3 Å². The van der Waals surface area contributed by atoms with Crippen LogP contribution in [0.15, 0.2) is 30.6 Å². The first-order valence-corrected chi connectivity index (χ1v) is 6.68. The second-order valence-electron chi connectivity index (χ2n) is 4.72. The predicted octanol–water partition coefficient (Wildman–Crippen LogP) is 2.52. The number of aromatic nitrogens is 2. The van der Waals surface area contributed by atoms with E-state index in [1.54, 1.807) is 0 Å². The molecule has 0 bridgehead atoms. The summed E-state index contributed by atoms with van der Waals surface area (Å²) in [6, 6.07) is 6.11. The van der Waals surface area contributed by atoms with Gasteiger partial charge in [-0.2, -0.15) is 0 Å². The molecule has 0 aliphatic rings. The molecular formula is C14H19ClN4. The van der Waals surface area contributed by atoms with Gasteiger partial charge in [-0.1, -0.05) is 23.7 Å². The Morgan fingerprint density at radius 1 is 1.47 bits per heavy atom. The highest BCUT2D eigenvalue weighted by Gasteiger charge is 2.12. The minimum atomic E-state index is 0.104. The first-order chi connectivity index (χ1) is 9.11. The van der Waals surface area contributed by atoms with Crippen molar-refractivity contribution < 1.29 is 0 Å². The molecule has 0 radical (unpaired) electrons. The molecule has 1 atom stereocenters. The Morgan fingerprint density at radius 3 is 2.84 bits per heavy atom. The molecule has 102 valence electrons. The molecule has 0 amide bonds. The molecule has 1 aromatic heterocycles. The Bertz CT molecular complexity index is 550. The van der Waals surface area contributed by atoms with Crippen molar-refractivity contribution in [3.63, 3.8) is 0 Å². The van der Waals surface area contributed by atoms with Crippen LogP contribution in [0.3, 0.4) is 0 Å². The number of hydrogen-bond donors (Lipinski definition) is 2. The molecule has 1 unspecified atom stereocenters. The van der Waals surface area contributed by atoms with Gasteiger partial charge in [0, 0.05) is 36.9 Å². The normalized spacial score (nSPS) is 12.6. The number of halogens is 1. The van der Waals surface area contributed by atoms with Crippen LogP contribution in [0.1, 0.15) is 29.4 Å². The average molecular weight is 279 g/mol. The molecular weight excluding hydrogens is 260 g/mol. The maximum atomic E-state index is 6.04. The van der Waals surface area contributed by atoms with Crippen molar-refractivity contribution in [2.45, 2.75) is 25.8 Å². The first kappa shape index (κ1) is 14.1. The van der Waals surface area contributed by atoms with E-state index >= 15 is 0 Å². The minimum Gasteiger partial charge on any atom is -0.338 e. The van der Waals surface area contributed by atoms with E-state index in [0.29, 0.717) is 0 Å². The van der Waals surface area contributed by atoms with E-state index in [4.69, 9.17) is 17.4 Å². The molecule has 0 saturated carbocycles. The molecule has 2 rings (SSSR count). The summed E-state index contributed by atoms with van der Waals surface area (Å²) < 4.78 is 2.03. The van der Waals surface area contributed by atoms with Gasteiger partial charge in [-0.25, -0.2) is 4.98 Å². The van der Waals surface area contributed by atoms with Crippen molar-refractivity contribution in [3.05, 3.63) is 52.6 Å². The summed E-state index contributed by atoms with van der Waals surface area (Å²) in [5.41, 5.74) is 5.08. The van der Waals surface area contributed by atoms with Gasteiger partial charge < -0.3 is 4.57 Å². The fourth-order valence-corrected chi connectivity index (χ4v) is 2.26. The van der Waals surface area contributed by atoms with Crippen molar-refractivity contribution in [2.75, 3.05) is 0 Å². The lowest BCUT2D eigenvalue weighted by molar-refractivity contribution is 0.506. The summed E-state index contributed by atoms with van der Waals surface area (Å²) in [5.74, 6) is 6.72. The number of aryl methyl sites for hydroxylation is 3. The van der Waals surface area contributed by atoms with Crippen LogP contribution in [0.5, 0.6) is 0 Å². The number of rotatable bonds is 5. The van der Waals surface area contributed by atoms with Gasteiger partial charge in [-0.05, 0) is 30.5 Å².